The van der Waals surface area contributed by atoms with E-state index >= 15 is 0 Å². The van der Waals surface area contributed by atoms with Crippen LogP contribution in [0, 0.1) is 12.0 Å². The molecule has 1 aliphatic rings. The first-order chi connectivity index (χ1) is 16.8. The molecule has 0 spiro atoms. The van der Waals surface area contributed by atoms with E-state index in [1.165, 1.54) is 6.07 Å². The molecule has 5 rings (SSSR count). The summed E-state index contributed by atoms with van der Waals surface area (Å²) in [7, 11) is 0. The van der Waals surface area contributed by atoms with E-state index in [-0.39, 0.29) is 29.1 Å². The lowest BCUT2D eigenvalue weighted by Crippen LogP contribution is -2.38. The second kappa shape index (κ2) is 9.30. The number of pyridine rings is 2. The van der Waals surface area contributed by atoms with Crippen LogP contribution in [0.1, 0.15) is 41.9 Å². The van der Waals surface area contributed by atoms with E-state index < -0.39 is 11.9 Å². The smallest absolute Gasteiger partial charge is 0.348 e. The second-order valence-electron chi connectivity index (χ2n) is 8.52. The van der Waals surface area contributed by atoms with Gasteiger partial charge in [0.15, 0.2) is 5.69 Å². The van der Waals surface area contributed by atoms with Crippen LogP contribution in [0.2, 0.25) is 0 Å². The van der Waals surface area contributed by atoms with Crippen molar-refractivity contribution in [2.45, 2.75) is 37.9 Å². The molecule has 3 aromatic heterocycles. The third-order valence-corrected chi connectivity index (χ3v) is 6.68. The maximum atomic E-state index is 13.3. The number of amides is 1. The summed E-state index contributed by atoms with van der Waals surface area (Å²) in [6.07, 6.45) is 0.155. The summed E-state index contributed by atoms with van der Waals surface area (Å²) in [5, 5.41) is 3.57. The van der Waals surface area contributed by atoms with Crippen LogP contribution in [0.4, 0.5) is 18.9 Å². The number of hydrogen-bond donors (Lipinski definition) is 1. The van der Waals surface area contributed by atoms with Gasteiger partial charge in [-0.1, -0.05) is 18.2 Å². The van der Waals surface area contributed by atoms with Gasteiger partial charge in [-0.15, -0.1) is 0 Å². The van der Waals surface area contributed by atoms with Crippen LogP contribution in [0.3, 0.4) is 0 Å². The zero-order valence-corrected chi connectivity index (χ0v) is 20.0. The summed E-state index contributed by atoms with van der Waals surface area (Å²) >= 11 is 3.44. The molecular weight excluding hydrogens is 523 g/mol. The van der Waals surface area contributed by atoms with Crippen molar-refractivity contribution in [1.82, 2.24) is 19.7 Å². The molecule has 10 heteroatoms. The number of para-hydroxylation sites is 1. The van der Waals surface area contributed by atoms with Crippen LogP contribution >= 0.6 is 15.9 Å². The van der Waals surface area contributed by atoms with Gasteiger partial charge in [-0.05, 0) is 70.7 Å². The van der Waals surface area contributed by atoms with Gasteiger partial charge >= 0.3 is 11.9 Å². The van der Waals surface area contributed by atoms with Gasteiger partial charge in [-0.25, -0.2) is 9.97 Å². The van der Waals surface area contributed by atoms with Crippen LogP contribution in [0.25, 0.3) is 21.4 Å². The average Bonchev–Trinajstić information content (AvgIpc) is 3.28. The lowest BCUT2D eigenvalue weighted by Gasteiger charge is -2.24. The summed E-state index contributed by atoms with van der Waals surface area (Å²) in [5.74, 6) is -0.358. The number of nitrogens with one attached hydrogen (secondary N) is 1. The molecule has 0 saturated heterocycles. The fraction of sp³-hybridized carbons (Fsp3) is 0.280. The molecule has 6 nitrogen and oxygen atoms in total. The van der Waals surface area contributed by atoms with E-state index in [1.807, 2.05) is 18.2 Å². The highest BCUT2D eigenvalue weighted by molar-refractivity contribution is 9.10. The lowest BCUT2D eigenvalue weighted by molar-refractivity contribution is -0.140. The Kier molecular flexibility index (Phi) is 6.19. The zero-order valence-electron chi connectivity index (χ0n) is 18.4. The van der Waals surface area contributed by atoms with Crippen LogP contribution in [0.15, 0.2) is 59.3 Å². The SMILES string of the molecule is O=C(N[C@@H]1CCCC(C#[N+]c2cc(C(F)(F)F)nc3ccccc23)C1)c1cn2c(Br)cccc2n1. The molecule has 3 heterocycles. The minimum atomic E-state index is -4.57. The fourth-order valence-corrected chi connectivity index (χ4v) is 4.78. The lowest BCUT2D eigenvalue weighted by atomic mass is 9.86. The van der Waals surface area contributed by atoms with Crippen LogP contribution < -0.4 is 5.32 Å². The molecule has 1 amide bonds. The van der Waals surface area contributed by atoms with Gasteiger partial charge < -0.3 is 5.32 Å². The molecule has 1 unspecified atom stereocenters. The fourth-order valence-electron chi connectivity index (χ4n) is 4.34. The third kappa shape index (κ3) is 5.00. The van der Waals surface area contributed by atoms with E-state index in [4.69, 9.17) is 0 Å². The summed E-state index contributed by atoms with van der Waals surface area (Å²) in [6, 6.07) is 16.0. The number of imidazole rings is 1. The van der Waals surface area contributed by atoms with Crippen LogP contribution in [-0.4, -0.2) is 26.3 Å². The minimum Gasteiger partial charge on any atom is -0.348 e. The standard InChI is InChI=1S/C25H19BrF3N5O/c26-22-9-4-10-23-33-20(14-34(22)23)24(35)31-16-6-3-5-15(11-16)13-30-19-12-21(25(27,28)29)32-18-8-2-1-7-17(18)19/h1-2,4,7-10,12,14-16H,3,5-6,11H2/p+1/t15?,16-/m1/s1. The van der Waals surface area contributed by atoms with Gasteiger partial charge in [0.05, 0.1) is 27.5 Å². The summed E-state index contributed by atoms with van der Waals surface area (Å²) in [6.45, 7) is 0. The Morgan fingerprint density at radius 3 is 2.77 bits per heavy atom. The molecule has 4 aromatic rings. The Hall–Kier alpha value is -3.45. The summed E-state index contributed by atoms with van der Waals surface area (Å²) < 4.78 is 42.5. The number of nitrogens with zero attached hydrogens (tertiary/aromatic N) is 4. The van der Waals surface area contributed by atoms with Gasteiger partial charge in [0.25, 0.3) is 12.0 Å². The molecular formula is C25H20BrF3N5O+. The van der Waals surface area contributed by atoms with Crippen molar-refractivity contribution in [3.63, 3.8) is 0 Å². The number of aromatic nitrogens is 3. The largest absolute Gasteiger partial charge is 0.433 e. The van der Waals surface area contributed by atoms with E-state index in [2.05, 4.69) is 42.1 Å². The van der Waals surface area contributed by atoms with Gasteiger partial charge in [0.1, 0.15) is 11.3 Å². The molecule has 178 valence electrons. The molecule has 1 aromatic carbocycles. The van der Waals surface area contributed by atoms with E-state index in [9.17, 15) is 18.0 Å². The number of benzene rings is 1. The number of fused-ring (bicyclic) bond motifs is 2. The first kappa shape index (κ1) is 23.3. The quantitative estimate of drug-likeness (QED) is 0.289. The van der Waals surface area contributed by atoms with Crippen LogP contribution in [0.5, 0.6) is 0 Å². The van der Waals surface area contributed by atoms with Gasteiger partial charge in [0.2, 0.25) is 0 Å². The van der Waals surface area contributed by atoms with Crippen molar-refractivity contribution in [3.05, 3.63) is 75.6 Å². The molecule has 35 heavy (non-hydrogen) atoms. The van der Waals surface area contributed by atoms with Gasteiger partial charge in [0, 0.05) is 12.2 Å². The highest BCUT2D eigenvalue weighted by Gasteiger charge is 2.35. The van der Waals surface area contributed by atoms with Crippen molar-refractivity contribution >= 4 is 44.1 Å². The van der Waals surface area contributed by atoms with E-state index in [0.29, 0.717) is 23.1 Å². The Morgan fingerprint density at radius 2 is 1.97 bits per heavy atom. The van der Waals surface area contributed by atoms with Crippen molar-refractivity contribution in [3.8, 4) is 6.07 Å². The predicted octanol–water partition coefficient (Wildman–Crippen LogP) is 6.62. The number of carbonyl (C=O) groups excluding carboxylic acids is 1. The monoisotopic (exact) mass is 542 g/mol. The Labute approximate surface area is 207 Å². The molecule has 1 N–H and O–H groups in total. The third-order valence-electron chi connectivity index (χ3n) is 6.04. The van der Waals surface area contributed by atoms with Gasteiger partial charge in [-0.3, -0.25) is 9.20 Å². The number of rotatable bonds is 2. The summed E-state index contributed by atoms with van der Waals surface area (Å²) in [4.78, 5) is 25.2. The zero-order chi connectivity index (χ0) is 24.6. The summed E-state index contributed by atoms with van der Waals surface area (Å²) in [5.41, 5.74) is 0.415. The minimum absolute atomic E-state index is 0.0921. The first-order valence-corrected chi connectivity index (χ1v) is 11.9. The van der Waals surface area contributed by atoms with Crippen molar-refractivity contribution < 1.29 is 18.0 Å². The maximum absolute atomic E-state index is 13.3. The molecule has 0 aliphatic heterocycles. The topological polar surface area (TPSA) is 63.7 Å². The molecule has 2 atom stereocenters. The number of halogens is 4. The maximum Gasteiger partial charge on any atom is 0.433 e. The molecule has 0 bridgehead atoms. The highest BCUT2D eigenvalue weighted by atomic mass is 79.9. The molecule has 1 saturated carbocycles. The Morgan fingerprint density at radius 1 is 1.14 bits per heavy atom. The molecule has 0 radical (unpaired) electrons. The number of hydrogen-bond acceptors (Lipinski definition) is 3. The van der Waals surface area contributed by atoms with Crippen LogP contribution in [-0.2, 0) is 6.18 Å². The van der Waals surface area contributed by atoms with E-state index in [0.717, 1.165) is 29.9 Å². The van der Waals surface area contributed by atoms with E-state index in [1.54, 1.807) is 28.8 Å². The predicted molar refractivity (Wildman–Crippen MR) is 130 cm³/mol. The number of carbonyl (C=O) groups is 1. The molecule has 1 fully saturated rings. The average molecular weight is 543 g/mol. The molecule has 1 aliphatic carbocycles. The Balaban J connectivity index is 1.33. The normalized spacial score (nSPS) is 18.3. The second-order valence-corrected chi connectivity index (χ2v) is 9.33. The number of alkyl halides is 3. The van der Waals surface area contributed by atoms with Crippen molar-refractivity contribution in [1.29, 1.82) is 0 Å². The van der Waals surface area contributed by atoms with Crippen molar-refractivity contribution in [2.75, 3.05) is 0 Å². The van der Waals surface area contributed by atoms with Crippen molar-refractivity contribution in [2.24, 2.45) is 5.92 Å². The first-order valence-electron chi connectivity index (χ1n) is 11.2. The Bertz CT molecular complexity index is 1490. The van der Waals surface area contributed by atoms with Gasteiger partial charge in [-0.2, -0.15) is 13.2 Å². The highest BCUT2D eigenvalue weighted by Crippen LogP contribution is 2.35.